The molecule has 0 amide bonds. The van der Waals surface area contributed by atoms with Crippen LogP contribution in [0, 0.1) is 5.92 Å². The summed E-state index contributed by atoms with van der Waals surface area (Å²) in [5.41, 5.74) is 0. The summed E-state index contributed by atoms with van der Waals surface area (Å²) < 4.78 is 5.43. The minimum atomic E-state index is 0.492. The van der Waals surface area contributed by atoms with Crippen LogP contribution in [0.4, 0.5) is 0 Å². The molecule has 0 aromatic carbocycles. The summed E-state index contributed by atoms with van der Waals surface area (Å²) in [5, 5.41) is 3.15. The molecule has 0 bridgehead atoms. The van der Waals surface area contributed by atoms with Crippen molar-refractivity contribution in [2.75, 3.05) is 13.3 Å². The van der Waals surface area contributed by atoms with Gasteiger partial charge in [0.2, 0.25) is 0 Å². The molecular formula is C7H15NO. The van der Waals surface area contributed by atoms with E-state index in [1.807, 2.05) is 0 Å². The fourth-order valence-corrected chi connectivity index (χ4v) is 1.09. The fraction of sp³-hybridized carbons (Fsp3) is 1.00. The van der Waals surface area contributed by atoms with Gasteiger partial charge in [-0.3, -0.25) is 5.32 Å². The first kappa shape index (κ1) is 7.03. The summed E-state index contributed by atoms with van der Waals surface area (Å²) in [7, 11) is 0. The second-order valence-corrected chi connectivity index (χ2v) is 2.88. The van der Waals surface area contributed by atoms with Crippen molar-refractivity contribution in [3.63, 3.8) is 0 Å². The third-order valence-corrected chi connectivity index (χ3v) is 1.75. The third-order valence-electron chi connectivity index (χ3n) is 1.75. The van der Waals surface area contributed by atoms with Gasteiger partial charge >= 0.3 is 0 Å². The molecule has 1 saturated heterocycles. The van der Waals surface area contributed by atoms with Crippen LogP contribution in [0.5, 0.6) is 0 Å². The van der Waals surface area contributed by atoms with Crippen molar-refractivity contribution in [2.45, 2.75) is 26.4 Å². The Hall–Kier alpha value is -0.0800. The quantitative estimate of drug-likeness (QED) is 0.570. The summed E-state index contributed by atoms with van der Waals surface area (Å²) >= 11 is 0. The predicted molar refractivity (Wildman–Crippen MR) is 37.2 cm³/mol. The van der Waals surface area contributed by atoms with Crippen LogP contribution in [-0.2, 0) is 4.74 Å². The fourth-order valence-electron chi connectivity index (χ4n) is 1.09. The van der Waals surface area contributed by atoms with Gasteiger partial charge in [0.1, 0.15) is 0 Å². The number of ether oxygens (including phenoxy) is 1. The summed E-state index contributed by atoms with van der Waals surface area (Å²) in [6.45, 7) is 6.26. The molecule has 1 unspecified atom stereocenters. The first-order valence-electron chi connectivity index (χ1n) is 3.63. The first-order chi connectivity index (χ1) is 4.30. The van der Waals surface area contributed by atoms with Gasteiger partial charge in [0, 0.05) is 0 Å². The van der Waals surface area contributed by atoms with Crippen molar-refractivity contribution >= 4 is 0 Å². The van der Waals surface area contributed by atoms with Crippen LogP contribution in [0.1, 0.15) is 20.3 Å². The van der Waals surface area contributed by atoms with Gasteiger partial charge in [-0.25, -0.2) is 0 Å². The van der Waals surface area contributed by atoms with Gasteiger partial charge < -0.3 is 4.74 Å². The number of nitrogens with one attached hydrogen (secondary N) is 1. The first-order valence-corrected chi connectivity index (χ1v) is 3.63. The number of rotatable bonds is 1. The zero-order chi connectivity index (χ0) is 6.69. The zero-order valence-electron chi connectivity index (χ0n) is 6.18. The highest BCUT2D eigenvalue weighted by molar-refractivity contribution is 4.66. The average Bonchev–Trinajstić information content (AvgIpc) is 1.90. The van der Waals surface area contributed by atoms with Crippen LogP contribution in [0.2, 0.25) is 0 Å². The summed E-state index contributed by atoms with van der Waals surface area (Å²) in [6.07, 6.45) is 1.66. The lowest BCUT2D eigenvalue weighted by atomic mass is 10.0. The molecule has 1 aliphatic rings. The van der Waals surface area contributed by atoms with Crippen molar-refractivity contribution in [3.8, 4) is 0 Å². The molecule has 9 heavy (non-hydrogen) atoms. The van der Waals surface area contributed by atoms with E-state index in [0.717, 1.165) is 19.7 Å². The minimum absolute atomic E-state index is 0.492. The van der Waals surface area contributed by atoms with Crippen LogP contribution >= 0.6 is 0 Å². The molecule has 2 heteroatoms. The normalized spacial score (nSPS) is 29.0. The Labute approximate surface area is 56.6 Å². The topological polar surface area (TPSA) is 21.3 Å². The lowest BCUT2D eigenvalue weighted by Gasteiger charge is -2.26. The predicted octanol–water partition coefficient (Wildman–Crippen LogP) is 0.978. The molecule has 0 saturated carbocycles. The Morgan fingerprint density at radius 2 is 2.33 bits per heavy atom. The molecule has 2 nitrogen and oxygen atoms in total. The van der Waals surface area contributed by atoms with Gasteiger partial charge in [-0.2, -0.15) is 0 Å². The van der Waals surface area contributed by atoms with E-state index in [4.69, 9.17) is 4.74 Å². The maximum atomic E-state index is 5.43. The Balaban J connectivity index is 2.23. The SMILES string of the molecule is CC(C)C1CCNCO1. The molecule has 0 spiro atoms. The molecular weight excluding hydrogens is 114 g/mol. The summed E-state index contributed by atoms with van der Waals surface area (Å²) in [5.74, 6) is 0.673. The van der Waals surface area contributed by atoms with Crippen LogP contribution in [0.3, 0.4) is 0 Å². The molecule has 1 N–H and O–H groups in total. The van der Waals surface area contributed by atoms with Crippen LogP contribution in [0.15, 0.2) is 0 Å². The highest BCUT2D eigenvalue weighted by Gasteiger charge is 2.15. The molecule has 1 aliphatic heterocycles. The van der Waals surface area contributed by atoms with E-state index in [1.165, 1.54) is 0 Å². The zero-order valence-corrected chi connectivity index (χ0v) is 6.18. The smallest absolute Gasteiger partial charge is 0.0969 e. The van der Waals surface area contributed by atoms with Crippen LogP contribution < -0.4 is 5.32 Å². The lowest BCUT2D eigenvalue weighted by molar-refractivity contribution is -0.0190. The standard InChI is InChI=1S/C7H15NO/c1-6(2)7-3-4-8-5-9-7/h6-8H,3-5H2,1-2H3. The van der Waals surface area contributed by atoms with E-state index in [-0.39, 0.29) is 0 Å². The maximum absolute atomic E-state index is 5.43. The molecule has 54 valence electrons. The molecule has 0 aromatic heterocycles. The van der Waals surface area contributed by atoms with Gasteiger partial charge in [0.15, 0.2) is 0 Å². The van der Waals surface area contributed by atoms with Crippen molar-refractivity contribution in [3.05, 3.63) is 0 Å². The molecule has 1 fully saturated rings. The van der Waals surface area contributed by atoms with E-state index >= 15 is 0 Å². The largest absolute Gasteiger partial charge is 0.363 e. The molecule has 1 heterocycles. The van der Waals surface area contributed by atoms with Crippen LogP contribution in [0.25, 0.3) is 0 Å². The molecule has 0 aliphatic carbocycles. The Morgan fingerprint density at radius 1 is 1.56 bits per heavy atom. The molecule has 1 atom stereocenters. The highest BCUT2D eigenvalue weighted by Crippen LogP contribution is 2.11. The van der Waals surface area contributed by atoms with E-state index in [0.29, 0.717) is 12.0 Å². The molecule has 0 aromatic rings. The Morgan fingerprint density at radius 3 is 2.67 bits per heavy atom. The maximum Gasteiger partial charge on any atom is 0.0969 e. The monoisotopic (exact) mass is 129 g/mol. The van der Waals surface area contributed by atoms with E-state index in [2.05, 4.69) is 19.2 Å². The highest BCUT2D eigenvalue weighted by atomic mass is 16.5. The summed E-state index contributed by atoms with van der Waals surface area (Å²) in [4.78, 5) is 0. The minimum Gasteiger partial charge on any atom is -0.363 e. The number of hydrogen-bond acceptors (Lipinski definition) is 2. The van der Waals surface area contributed by atoms with Gasteiger partial charge in [-0.15, -0.1) is 0 Å². The lowest BCUT2D eigenvalue weighted by Crippen LogP contribution is -2.36. The second-order valence-electron chi connectivity index (χ2n) is 2.88. The van der Waals surface area contributed by atoms with E-state index < -0.39 is 0 Å². The van der Waals surface area contributed by atoms with Crippen molar-refractivity contribution in [1.29, 1.82) is 0 Å². The second kappa shape index (κ2) is 3.18. The Bertz CT molecular complexity index is 77.0. The van der Waals surface area contributed by atoms with E-state index in [9.17, 15) is 0 Å². The number of hydrogen-bond donors (Lipinski definition) is 1. The van der Waals surface area contributed by atoms with Crippen molar-refractivity contribution in [1.82, 2.24) is 5.32 Å². The Kier molecular flexibility index (Phi) is 2.49. The average molecular weight is 129 g/mol. The van der Waals surface area contributed by atoms with Crippen molar-refractivity contribution < 1.29 is 4.74 Å². The van der Waals surface area contributed by atoms with E-state index in [1.54, 1.807) is 0 Å². The van der Waals surface area contributed by atoms with Gasteiger partial charge in [-0.05, 0) is 18.9 Å². The molecule has 0 radical (unpaired) electrons. The van der Waals surface area contributed by atoms with Crippen LogP contribution in [-0.4, -0.2) is 19.4 Å². The summed E-state index contributed by atoms with van der Waals surface area (Å²) in [6, 6.07) is 0. The van der Waals surface area contributed by atoms with Gasteiger partial charge in [0.05, 0.1) is 12.8 Å². The van der Waals surface area contributed by atoms with Gasteiger partial charge in [-0.1, -0.05) is 13.8 Å². The molecule has 1 rings (SSSR count). The van der Waals surface area contributed by atoms with Crippen molar-refractivity contribution in [2.24, 2.45) is 5.92 Å². The third kappa shape index (κ3) is 1.95. The van der Waals surface area contributed by atoms with Gasteiger partial charge in [0.25, 0.3) is 0 Å².